The largest absolute Gasteiger partial charge is 0.339 e. The van der Waals surface area contributed by atoms with Gasteiger partial charge in [0.25, 0.3) is 0 Å². The van der Waals surface area contributed by atoms with E-state index in [-0.39, 0.29) is 31.3 Å². The maximum absolute atomic E-state index is 11.7. The summed E-state index contributed by atoms with van der Waals surface area (Å²) in [5.41, 5.74) is 5.41. The summed E-state index contributed by atoms with van der Waals surface area (Å²) in [4.78, 5) is 15.1. The van der Waals surface area contributed by atoms with Crippen LogP contribution in [0.1, 0.15) is 0 Å². The van der Waals surface area contributed by atoms with Crippen molar-refractivity contribution in [1.29, 1.82) is 0 Å². The fourth-order valence-corrected chi connectivity index (χ4v) is 3.18. The Morgan fingerprint density at radius 3 is 2.62 bits per heavy atom. The Morgan fingerprint density at radius 1 is 1.50 bits per heavy atom. The van der Waals surface area contributed by atoms with E-state index in [0.717, 1.165) is 0 Å². The predicted octanol–water partition coefficient (Wildman–Crippen LogP) is -1.87. The molecule has 1 atom stereocenters. The van der Waals surface area contributed by atoms with E-state index in [1.54, 1.807) is 23.9 Å². The summed E-state index contributed by atoms with van der Waals surface area (Å²) in [6.45, 7) is 0.891. The van der Waals surface area contributed by atoms with Crippen LogP contribution in [-0.4, -0.2) is 75.4 Å². The molecule has 2 N–H and O–H groups in total. The van der Waals surface area contributed by atoms with Crippen LogP contribution in [0.25, 0.3) is 0 Å². The van der Waals surface area contributed by atoms with Gasteiger partial charge in [0.2, 0.25) is 5.91 Å². The molecular weight excluding hydrogens is 230 g/mol. The first-order valence-electron chi connectivity index (χ1n) is 5.21. The number of amides is 1. The van der Waals surface area contributed by atoms with Gasteiger partial charge >= 0.3 is 0 Å². The van der Waals surface area contributed by atoms with E-state index in [2.05, 4.69) is 0 Å². The molecule has 1 unspecified atom stereocenters. The van der Waals surface area contributed by atoms with E-state index in [4.69, 9.17) is 5.73 Å². The molecule has 0 radical (unpaired) electrons. The molecule has 0 aliphatic carbocycles. The van der Waals surface area contributed by atoms with Crippen molar-refractivity contribution in [3.8, 4) is 0 Å². The quantitative estimate of drug-likeness (QED) is 0.633. The fourth-order valence-electron chi connectivity index (χ4n) is 1.67. The molecule has 0 aromatic carbocycles. The molecule has 94 valence electrons. The number of likely N-dealkylation sites (N-methyl/N-ethyl adjacent to an activating group) is 1. The van der Waals surface area contributed by atoms with E-state index < -0.39 is 15.1 Å². The van der Waals surface area contributed by atoms with Gasteiger partial charge in [-0.05, 0) is 14.1 Å². The standard InChI is InChI=1S/C9H19N3O3S/c1-11(2)7-9(13)12-3-4-16(14,15)8(5-10)6-12/h8H,3-7,10H2,1-2H3. The molecule has 7 heteroatoms. The SMILES string of the molecule is CN(C)CC(=O)N1CCS(=O)(=O)C(CN)C1. The van der Waals surface area contributed by atoms with Crippen LogP contribution in [0.2, 0.25) is 0 Å². The molecule has 16 heavy (non-hydrogen) atoms. The molecule has 1 fully saturated rings. The molecule has 1 amide bonds. The zero-order valence-corrected chi connectivity index (χ0v) is 10.5. The summed E-state index contributed by atoms with van der Waals surface area (Å²) in [6.07, 6.45) is 0. The molecule has 1 saturated heterocycles. The fraction of sp³-hybridized carbons (Fsp3) is 0.889. The lowest BCUT2D eigenvalue weighted by Gasteiger charge is -2.32. The van der Waals surface area contributed by atoms with Crippen molar-refractivity contribution in [2.75, 3.05) is 46.0 Å². The highest BCUT2D eigenvalue weighted by molar-refractivity contribution is 7.92. The van der Waals surface area contributed by atoms with Crippen LogP contribution in [0, 0.1) is 0 Å². The van der Waals surface area contributed by atoms with Crippen LogP contribution in [0.4, 0.5) is 0 Å². The Morgan fingerprint density at radius 2 is 2.12 bits per heavy atom. The highest BCUT2D eigenvalue weighted by Gasteiger charge is 2.33. The summed E-state index contributed by atoms with van der Waals surface area (Å²) in [5, 5.41) is -0.604. The van der Waals surface area contributed by atoms with E-state index in [1.807, 2.05) is 0 Å². The molecule has 0 spiro atoms. The van der Waals surface area contributed by atoms with Gasteiger partial charge in [0.05, 0.1) is 17.5 Å². The van der Waals surface area contributed by atoms with Gasteiger partial charge in [-0.1, -0.05) is 0 Å². The highest BCUT2D eigenvalue weighted by atomic mass is 32.2. The van der Waals surface area contributed by atoms with E-state index >= 15 is 0 Å². The Bertz CT molecular complexity index is 353. The van der Waals surface area contributed by atoms with Crippen LogP contribution < -0.4 is 5.73 Å². The topological polar surface area (TPSA) is 83.7 Å². The van der Waals surface area contributed by atoms with Crippen molar-refractivity contribution in [3.05, 3.63) is 0 Å². The van der Waals surface area contributed by atoms with Crippen LogP contribution in [0.5, 0.6) is 0 Å². The molecule has 0 saturated carbocycles. The monoisotopic (exact) mass is 249 g/mol. The third-order valence-electron chi connectivity index (χ3n) is 2.64. The summed E-state index contributed by atoms with van der Waals surface area (Å²) in [7, 11) is 0.508. The number of hydrogen-bond donors (Lipinski definition) is 1. The minimum absolute atomic E-state index is 0.0219. The average molecular weight is 249 g/mol. The normalized spacial score (nSPS) is 24.8. The van der Waals surface area contributed by atoms with Gasteiger partial charge in [0.15, 0.2) is 9.84 Å². The second-order valence-corrected chi connectivity index (χ2v) is 6.70. The summed E-state index contributed by atoms with van der Waals surface area (Å²) < 4.78 is 23.1. The van der Waals surface area contributed by atoms with Crippen LogP contribution in [0.15, 0.2) is 0 Å². The van der Waals surface area contributed by atoms with Crippen molar-refractivity contribution >= 4 is 15.7 Å². The Hall–Kier alpha value is -0.660. The van der Waals surface area contributed by atoms with Gasteiger partial charge in [-0.2, -0.15) is 0 Å². The molecule has 1 rings (SSSR count). The minimum Gasteiger partial charge on any atom is -0.339 e. The van der Waals surface area contributed by atoms with Crippen molar-refractivity contribution in [2.24, 2.45) is 5.73 Å². The summed E-state index contributed by atoms with van der Waals surface area (Å²) in [6, 6.07) is 0. The Balaban J connectivity index is 2.64. The maximum Gasteiger partial charge on any atom is 0.236 e. The minimum atomic E-state index is -3.10. The smallest absolute Gasteiger partial charge is 0.236 e. The number of carbonyl (C=O) groups is 1. The van der Waals surface area contributed by atoms with E-state index in [1.165, 1.54) is 0 Å². The molecule has 1 aliphatic heterocycles. The van der Waals surface area contributed by atoms with Crippen molar-refractivity contribution in [3.63, 3.8) is 0 Å². The molecular formula is C9H19N3O3S. The predicted molar refractivity (Wildman–Crippen MR) is 61.8 cm³/mol. The van der Waals surface area contributed by atoms with Gasteiger partial charge in [-0.15, -0.1) is 0 Å². The van der Waals surface area contributed by atoms with Gasteiger partial charge in [0, 0.05) is 19.6 Å². The highest BCUT2D eigenvalue weighted by Crippen LogP contribution is 2.11. The van der Waals surface area contributed by atoms with Crippen molar-refractivity contribution in [2.45, 2.75) is 5.25 Å². The Kier molecular flexibility index (Phi) is 4.28. The zero-order valence-electron chi connectivity index (χ0n) is 9.72. The zero-order chi connectivity index (χ0) is 12.3. The van der Waals surface area contributed by atoms with E-state index in [9.17, 15) is 13.2 Å². The first-order valence-corrected chi connectivity index (χ1v) is 6.92. The third kappa shape index (κ3) is 3.16. The molecule has 0 aromatic rings. The number of carbonyl (C=O) groups excluding carboxylic acids is 1. The Labute approximate surface area is 96.3 Å². The number of sulfone groups is 1. The summed E-state index contributed by atoms with van der Waals surface area (Å²) >= 11 is 0. The average Bonchev–Trinajstić information content (AvgIpc) is 2.16. The molecule has 1 heterocycles. The van der Waals surface area contributed by atoms with Crippen LogP contribution in [-0.2, 0) is 14.6 Å². The third-order valence-corrected chi connectivity index (χ3v) is 4.75. The van der Waals surface area contributed by atoms with Gasteiger partial charge in [-0.25, -0.2) is 8.42 Å². The van der Waals surface area contributed by atoms with Crippen molar-refractivity contribution in [1.82, 2.24) is 9.80 Å². The second-order valence-electron chi connectivity index (χ2n) is 4.30. The lowest BCUT2D eigenvalue weighted by Crippen LogP contribution is -2.53. The second kappa shape index (κ2) is 5.11. The number of hydrogen-bond acceptors (Lipinski definition) is 5. The molecule has 6 nitrogen and oxygen atoms in total. The van der Waals surface area contributed by atoms with E-state index in [0.29, 0.717) is 6.54 Å². The first-order chi connectivity index (χ1) is 7.36. The van der Waals surface area contributed by atoms with Gasteiger partial charge < -0.3 is 15.5 Å². The first kappa shape index (κ1) is 13.4. The lowest BCUT2D eigenvalue weighted by molar-refractivity contribution is -0.131. The van der Waals surface area contributed by atoms with Crippen molar-refractivity contribution < 1.29 is 13.2 Å². The number of nitrogens with two attached hydrogens (primary N) is 1. The van der Waals surface area contributed by atoms with Gasteiger partial charge in [0.1, 0.15) is 0 Å². The number of rotatable bonds is 3. The number of nitrogens with zero attached hydrogens (tertiary/aromatic N) is 2. The molecule has 1 aliphatic rings. The molecule has 0 bridgehead atoms. The maximum atomic E-state index is 11.7. The van der Waals surface area contributed by atoms with Crippen LogP contribution >= 0.6 is 0 Å². The van der Waals surface area contributed by atoms with Gasteiger partial charge in [-0.3, -0.25) is 4.79 Å². The molecule has 0 aromatic heterocycles. The summed E-state index contributed by atoms with van der Waals surface area (Å²) in [5.74, 6) is -0.0213. The van der Waals surface area contributed by atoms with Crippen LogP contribution in [0.3, 0.4) is 0 Å². The lowest BCUT2D eigenvalue weighted by atomic mass is 10.3.